The van der Waals surface area contributed by atoms with Crippen molar-refractivity contribution < 1.29 is 0 Å². The third-order valence-electron chi connectivity index (χ3n) is 2.29. The predicted molar refractivity (Wildman–Crippen MR) is 61.2 cm³/mol. The van der Waals surface area contributed by atoms with Crippen LogP contribution in [0.25, 0.3) is 20.5 Å². The van der Waals surface area contributed by atoms with E-state index in [2.05, 4.69) is 17.1 Å². The Morgan fingerprint density at radius 2 is 1.93 bits per heavy atom. The summed E-state index contributed by atoms with van der Waals surface area (Å²) in [6.45, 7) is 0. The molecule has 0 bridgehead atoms. The third kappa shape index (κ3) is 1.12. The van der Waals surface area contributed by atoms with Gasteiger partial charge in [0.1, 0.15) is 0 Å². The van der Waals surface area contributed by atoms with E-state index in [-0.39, 0.29) is 0 Å². The van der Waals surface area contributed by atoms with Crippen LogP contribution < -0.4 is 0 Å². The number of hydrogen-bond donors (Lipinski definition) is 0. The van der Waals surface area contributed by atoms with Crippen LogP contribution in [-0.4, -0.2) is 19.5 Å². The summed E-state index contributed by atoms with van der Waals surface area (Å²) in [4.78, 5) is 4.33. The summed E-state index contributed by atoms with van der Waals surface area (Å²) in [5.74, 6) is 0. The van der Waals surface area contributed by atoms with Gasteiger partial charge in [-0.25, -0.2) is 0 Å². The van der Waals surface area contributed by atoms with Crippen LogP contribution in [0.15, 0.2) is 35.4 Å². The van der Waals surface area contributed by atoms with E-state index in [0.717, 1.165) is 15.9 Å². The summed E-state index contributed by atoms with van der Waals surface area (Å²) in [7, 11) is 0. The van der Waals surface area contributed by atoms with Gasteiger partial charge in [0.15, 0.2) is 0 Å². The molecule has 1 heterocycles. The molecule has 14 heavy (non-hydrogen) atoms. The molecule has 1 aromatic heterocycles. The van der Waals surface area contributed by atoms with Gasteiger partial charge in [-0.1, -0.05) is 0 Å². The summed E-state index contributed by atoms with van der Waals surface area (Å²) in [5.41, 5.74) is 1.05. The van der Waals surface area contributed by atoms with Crippen LogP contribution in [-0.2, 0) is 0 Å². The van der Waals surface area contributed by atoms with Crippen molar-refractivity contribution in [1.29, 1.82) is 0 Å². The molecule has 0 radical (unpaired) electrons. The van der Waals surface area contributed by atoms with Gasteiger partial charge in [0, 0.05) is 0 Å². The molecular weight excluding hydrogens is 261 g/mol. The SMILES string of the molecule is Clc1cc2nc[se]c2c2ccccc12. The molecule has 0 saturated carbocycles. The number of fused-ring (bicyclic) bond motifs is 3. The Hall–Kier alpha value is -0.821. The normalized spacial score (nSPS) is 11.2. The predicted octanol–water partition coefficient (Wildman–Crippen LogP) is 3.10. The first-order chi connectivity index (χ1) is 6.86. The van der Waals surface area contributed by atoms with Crippen LogP contribution in [0.1, 0.15) is 0 Å². The first-order valence-corrected chi connectivity index (χ1v) is 6.49. The average molecular weight is 267 g/mol. The molecule has 1 nitrogen and oxygen atoms in total. The maximum atomic E-state index is 6.17. The van der Waals surface area contributed by atoms with Crippen molar-refractivity contribution >= 4 is 46.7 Å². The first kappa shape index (κ1) is 8.48. The Balaban J connectivity index is 2.67. The molecule has 0 saturated heterocycles. The molecule has 2 aromatic carbocycles. The van der Waals surface area contributed by atoms with E-state index in [1.807, 2.05) is 23.3 Å². The van der Waals surface area contributed by atoms with Gasteiger partial charge in [0.05, 0.1) is 0 Å². The summed E-state index contributed by atoms with van der Waals surface area (Å²) >= 11 is 6.55. The van der Waals surface area contributed by atoms with Gasteiger partial charge in [0.25, 0.3) is 0 Å². The van der Waals surface area contributed by atoms with E-state index in [9.17, 15) is 0 Å². The second kappa shape index (κ2) is 3.09. The van der Waals surface area contributed by atoms with Crippen LogP contribution in [0.5, 0.6) is 0 Å². The maximum absolute atomic E-state index is 6.17. The van der Waals surface area contributed by atoms with Crippen molar-refractivity contribution in [2.45, 2.75) is 0 Å². The van der Waals surface area contributed by atoms with E-state index in [0.29, 0.717) is 14.5 Å². The molecular formula is C11H6ClNSe. The summed E-state index contributed by atoms with van der Waals surface area (Å²) in [6, 6.07) is 10.2. The Labute approximate surface area is 92.1 Å². The number of benzene rings is 2. The molecule has 0 N–H and O–H groups in total. The molecule has 0 unspecified atom stereocenters. The second-order valence-electron chi connectivity index (χ2n) is 3.10. The van der Waals surface area contributed by atoms with Crippen molar-refractivity contribution in [1.82, 2.24) is 4.98 Å². The molecule has 0 aliphatic rings. The number of nitrogens with zero attached hydrogens (tertiary/aromatic N) is 1. The molecule has 0 fully saturated rings. The number of aromatic nitrogens is 1. The molecule has 3 heteroatoms. The van der Waals surface area contributed by atoms with Crippen molar-refractivity contribution in [3.8, 4) is 0 Å². The van der Waals surface area contributed by atoms with E-state index < -0.39 is 0 Å². The van der Waals surface area contributed by atoms with Crippen LogP contribution >= 0.6 is 11.6 Å². The van der Waals surface area contributed by atoms with Crippen molar-refractivity contribution in [3.05, 3.63) is 40.4 Å². The molecule has 0 aliphatic carbocycles. The van der Waals surface area contributed by atoms with Crippen molar-refractivity contribution in [2.24, 2.45) is 0 Å². The quantitative estimate of drug-likeness (QED) is 0.570. The van der Waals surface area contributed by atoms with Gasteiger partial charge in [-0.3, -0.25) is 0 Å². The zero-order valence-electron chi connectivity index (χ0n) is 7.20. The molecule has 3 rings (SSSR count). The molecule has 3 aromatic rings. The van der Waals surface area contributed by atoms with E-state index in [1.165, 1.54) is 9.65 Å². The fourth-order valence-electron chi connectivity index (χ4n) is 1.65. The van der Waals surface area contributed by atoms with E-state index in [4.69, 9.17) is 11.6 Å². The molecule has 0 amide bonds. The third-order valence-corrected chi connectivity index (χ3v) is 4.44. The van der Waals surface area contributed by atoms with Crippen LogP contribution in [0.4, 0.5) is 0 Å². The molecule has 0 aliphatic heterocycles. The standard InChI is InChI=1S/C11H6ClNSe/c12-9-5-10-11(14-6-13-10)8-4-2-1-3-7(8)9/h1-6H. The fourth-order valence-corrected chi connectivity index (χ4v) is 3.61. The fraction of sp³-hybridized carbons (Fsp3) is 0. The van der Waals surface area contributed by atoms with Crippen molar-refractivity contribution in [2.75, 3.05) is 0 Å². The Morgan fingerprint density at radius 3 is 2.79 bits per heavy atom. The van der Waals surface area contributed by atoms with Crippen molar-refractivity contribution in [3.63, 3.8) is 0 Å². The minimum atomic E-state index is 0.375. The summed E-state index contributed by atoms with van der Waals surface area (Å²) in [5, 5.41) is 5.20. The van der Waals surface area contributed by atoms with E-state index in [1.54, 1.807) is 0 Å². The minimum absolute atomic E-state index is 0.375. The van der Waals surface area contributed by atoms with Gasteiger partial charge in [-0.05, 0) is 0 Å². The Kier molecular flexibility index (Phi) is 1.88. The van der Waals surface area contributed by atoms with Gasteiger partial charge >= 0.3 is 92.1 Å². The number of halogens is 1. The second-order valence-corrected chi connectivity index (χ2v) is 5.31. The molecule has 0 spiro atoms. The summed E-state index contributed by atoms with van der Waals surface area (Å²) in [6.07, 6.45) is 0. The molecule has 0 atom stereocenters. The van der Waals surface area contributed by atoms with Gasteiger partial charge in [0.2, 0.25) is 0 Å². The zero-order chi connectivity index (χ0) is 9.54. The van der Waals surface area contributed by atoms with Crippen LogP contribution in [0.3, 0.4) is 0 Å². The Morgan fingerprint density at radius 1 is 1.14 bits per heavy atom. The average Bonchev–Trinajstić information content (AvgIpc) is 2.66. The monoisotopic (exact) mass is 267 g/mol. The first-order valence-electron chi connectivity index (χ1n) is 4.27. The van der Waals surface area contributed by atoms with Crippen LogP contribution in [0, 0.1) is 0 Å². The Bertz CT molecular complexity index is 615. The number of hydrogen-bond acceptors (Lipinski definition) is 1. The van der Waals surface area contributed by atoms with Gasteiger partial charge in [-0.15, -0.1) is 0 Å². The zero-order valence-corrected chi connectivity index (χ0v) is 9.67. The summed E-state index contributed by atoms with van der Waals surface area (Å²) < 4.78 is 1.36. The van der Waals surface area contributed by atoms with Gasteiger partial charge in [-0.2, -0.15) is 0 Å². The topological polar surface area (TPSA) is 12.9 Å². The van der Waals surface area contributed by atoms with Gasteiger partial charge < -0.3 is 0 Å². The van der Waals surface area contributed by atoms with Crippen LogP contribution in [0.2, 0.25) is 5.02 Å². The van der Waals surface area contributed by atoms with E-state index >= 15 is 0 Å². The molecule has 68 valence electrons. The number of rotatable bonds is 0.